The lowest BCUT2D eigenvalue weighted by Crippen LogP contribution is -1.92. The molecule has 0 spiro atoms. The SMILES string of the molecule is CCCCCCCCCCCCC=CC=CC=CC(=O)OC. The van der Waals surface area contributed by atoms with Gasteiger partial charge in [-0.15, -0.1) is 0 Å². The molecule has 22 heavy (non-hydrogen) atoms. The molecule has 0 amide bonds. The Morgan fingerprint density at radius 1 is 0.773 bits per heavy atom. The Bertz CT molecular complexity index is 327. The fraction of sp³-hybridized carbons (Fsp3) is 0.650. The largest absolute Gasteiger partial charge is 0.466 e. The summed E-state index contributed by atoms with van der Waals surface area (Å²) in [6.45, 7) is 2.27. The number of esters is 1. The van der Waals surface area contributed by atoms with Crippen molar-refractivity contribution in [3.63, 3.8) is 0 Å². The van der Waals surface area contributed by atoms with Gasteiger partial charge in [0.1, 0.15) is 0 Å². The van der Waals surface area contributed by atoms with Crippen molar-refractivity contribution in [2.45, 2.75) is 77.6 Å². The molecule has 0 unspecified atom stereocenters. The van der Waals surface area contributed by atoms with Crippen molar-refractivity contribution in [2.24, 2.45) is 0 Å². The van der Waals surface area contributed by atoms with E-state index in [1.54, 1.807) is 6.08 Å². The molecule has 2 nitrogen and oxygen atoms in total. The first-order valence-electron chi connectivity index (χ1n) is 8.89. The van der Waals surface area contributed by atoms with E-state index in [-0.39, 0.29) is 5.97 Å². The summed E-state index contributed by atoms with van der Waals surface area (Å²) in [6.07, 6.45) is 26.0. The van der Waals surface area contributed by atoms with Gasteiger partial charge in [-0.3, -0.25) is 0 Å². The molecular weight excluding hydrogens is 272 g/mol. The summed E-state index contributed by atoms with van der Waals surface area (Å²) < 4.78 is 4.50. The Balaban J connectivity index is 3.28. The molecule has 0 rings (SSSR count). The first-order valence-corrected chi connectivity index (χ1v) is 8.89. The van der Waals surface area contributed by atoms with Crippen LogP contribution in [0, 0.1) is 0 Å². The van der Waals surface area contributed by atoms with Crippen molar-refractivity contribution in [3.05, 3.63) is 36.5 Å². The number of carbonyl (C=O) groups excluding carboxylic acids is 1. The lowest BCUT2D eigenvalue weighted by atomic mass is 10.1. The molecule has 0 saturated carbocycles. The normalized spacial score (nSPS) is 11.9. The molecule has 0 aromatic carbocycles. The summed E-state index contributed by atoms with van der Waals surface area (Å²) in [5.74, 6) is -0.320. The number of unbranched alkanes of at least 4 members (excludes halogenated alkanes) is 10. The molecule has 0 aromatic rings. The highest BCUT2D eigenvalue weighted by Crippen LogP contribution is 2.11. The lowest BCUT2D eigenvalue weighted by molar-refractivity contribution is -0.134. The van der Waals surface area contributed by atoms with Crippen LogP contribution in [0.1, 0.15) is 77.6 Å². The summed E-state index contributed by atoms with van der Waals surface area (Å²) >= 11 is 0. The monoisotopic (exact) mass is 306 g/mol. The lowest BCUT2D eigenvalue weighted by Gasteiger charge is -2.01. The van der Waals surface area contributed by atoms with Gasteiger partial charge in [0, 0.05) is 6.08 Å². The molecule has 0 saturated heterocycles. The maximum absolute atomic E-state index is 10.8. The Kier molecular flexibility index (Phi) is 16.7. The van der Waals surface area contributed by atoms with Crippen LogP contribution in [0.5, 0.6) is 0 Å². The zero-order valence-electron chi connectivity index (χ0n) is 14.6. The predicted molar refractivity (Wildman–Crippen MR) is 95.9 cm³/mol. The molecule has 126 valence electrons. The number of methoxy groups -OCH3 is 1. The highest BCUT2D eigenvalue weighted by atomic mass is 16.5. The van der Waals surface area contributed by atoms with Crippen LogP contribution in [-0.4, -0.2) is 13.1 Å². The molecule has 0 aliphatic carbocycles. The molecule has 0 bridgehead atoms. The average molecular weight is 306 g/mol. The van der Waals surface area contributed by atoms with Gasteiger partial charge < -0.3 is 4.74 Å². The minimum absolute atomic E-state index is 0.320. The first kappa shape index (κ1) is 20.7. The second-order valence-electron chi connectivity index (χ2n) is 5.67. The molecule has 0 aromatic heterocycles. The van der Waals surface area contributed by atoms with Crippen molar-refractivity contribution in [2.75, 3.05) is 7.11 Å². The summed E-state index contributed by atoms with van der Waals surface area (Å²) in [6, 6.07) is 0. The van der Waals surface area contributed by atoms with Crippen molar-refractivity contribution in [1.29, 1.82) is 0 Å². The van der Waals surface area contributed by atoms with Gasteiger partial charge in [0.2, 0.25) is 0 Å². The van der Waals surface area contributed by atoms with Crippen molar-refractivity contribution >= 4 is 5.97 Å². The van der Waals surface area contributed by atoms with E-state index in [1.807, 2.05) is 18.2 Å². The van der Waals surface area contributed by atoms with E-state index in [0.29, 0.717) is 0 Å². The second kappa shape index (κ2) is 17.7. The van der Waals surface area contributed by atoms with Crippen molar-refractivity contribution < 1.29 is 9.53 Å². The molecule has 2 heteroatoms. The van der Waals surface area contributed by atoms with Gasteiger partial charge in [0.25, 0.3) is 0 Å². The summed E-state index contributed by atoms with van der Waals surface area (Å²) in [5, 5.41) is 0. The van der Waals surface area contributed by atoms with Crippen LogP contribution in [0.25, 0.3) is 0 Å². The third-order valence-electron chi connectivity index (χ3n) is 3.63. The van der Waals surface area contributed by atoms with E-state index in [9.17, 15) is 4.79 Å². The third kappa shape index (κ3) is 16.7. The van der Waals surface area contributed by atoms with Crippen LogP contribution < -0.4 is 0 Å². The summed E-state index contributed by atoms with van der Waals surface area (Å²) in [5.41, 5.74) is 0. The first-order chi connectivity index (χ1) is 10.8. The number of rotatable bonds is 14. The van der Waals surface area contributed by atoms with E-state index in [4.69, 9.17) is 0 Å². The molecule has 0 fully saturated rings. The molecule has 0 aliphatic heterocycles. The summed E-state index contributed by atoms with van der Waals surface area (Å²) in [7, 11) is 1.38. The number of hydrogen-bond donors (Lipinski definition) is 0. The molecule has 0 N–H and O–H groups in total. The maximum Gasteiger partial charge on any atom is 0.330 e. The van der Waals surface area contributed by atoms with Gasteiger partial charge in [0.15, 0.2) is 0 Å². The van der Waals surface area contributed by atoms with E-state index >= 15 is 0 Å². The standard InChI is InChI=1S/C20H34O2/c1-3-4-5-6-7-8-9-10-11-12-13-14-15-16-17-18-19-20(21)22-2/h14-19H,3-13H2,1-2H3. The van der Waals surface area contributed by atoms with Crippen LogP contribution >= 0.6 is 0 Å². The third-order valence-corrected chi connectivity index (χ3v) is 3.63. The van der Waals surface area contributed by atoms with Crippen molar-refractivity contribution in [1.82, 2.24) is 0 Å². The zero-order chi connectivity index (χ0) is 16.3. The molecule has 0 aliphatic rings. The highest BCUT2D eigenvalue weighted by Gasteiger charge is 1.91. The number of carbonyl (C=O) groups is 1. The highest BCUT2D eigenvalue weighted by molar-refractivity contribution is 5.82. The zero-order valence-corrected chi connectivity index (χ0v) is 14.6. The molecule has 0 atom stereocenters. The maximum atomic E-state index is 10.8. The summed E-state index contributed by atoms with van der Waals surface area (Å²) in [4.78, 5) is 10.8. The van der Waals surface area contributed by atoms with Gasteiger partial charge in [-0.2, -0.15) is 0 Å². The minimum Gasteiger partial charge on any atom is -0.466 e. The van der Waals surface area contributed by atoms with E-state index < -0.39 is 0 Å². The number of hydrogen-bond acceptors (Lipinski definition) is 2. The number of allylic oxidation sites excluding steroid dienone is 5. The molecule has 0 radical (unpaired) electrons. The van der Waals surface area contributed by atoms with Gasteiger partial charge >= 0.3 is 5.97 Å². The fourth-order valence-corrected chi connectivity index (χ4v) is 2.25. The topological polar surface area (TPSA) is 26.3 Å². The van der Waals surface area contributed by atoms with Crippen molar-refractivity contribution in [3.8, 4) is 0 Å². The fourth-order valence-electron chi connectivity index (χ4n) is 2.25. The Morgan fingerprint density at radius 2 is 1.32 bits per heavy atom. The Hall–Kier alpha value is -1.31. The van der Waals surface area contributed by atoms with Gasteiger partial charge in [0.05, 0.1) is 7.11 Å². The quantitative estimate of drug-likeness (QED) is 0.167. The Morgan fingerprint density at radius 3 is 1.91 bits per heavy atom. The van der Waals surface area contributed by atoms with E-state index in [2.05, 4.69) is 17.7 Å². The second-order valence-corrected chi connectivity index (χ2v) is 5.67. The van der Waals surface area contributed by atoms with E-state index in [0.717, 1.165) is 6.42 Å². The Labute approximate surface area is 137 Å². The van der Waals surface area contributed by atoms with Gasteiger partial charge in [-0.1, -0.05) is 95.1 Å². The minimum atomic E-state index is -0.320. The predicted octanol–water partition coefficient (Wildman–Crippen LogP) is 6.14. The van der Waals surface area contributed by atoms with Crippen LogP contribution in [0.2, 0.25) is 0 Å². The van der Waals surface area contributed by atoms with Crippen LogP contribution in [-0.2, 0) is 9.53 Å². The number of ether oxygens (including phenoxy) is 1. The van der Waals surface area contributed by atoms with E-state index in [1.165, 1.54) is 77.4 Å². The molecular formula is C20H34O2. The van der Waals surface area contributed by atoms with Gasteiger partial charge in [-0.05, 0) is 12.8 Å². The smallest absolute Gasteiger partial charge is 0.330 e. The van der Waals surface area contributed by atoms with Gasteiger partial charge in [-0.25, -0.2) is 4.79 Å². The average Bonchev–Trinajstić information content (AvgIpc) is 2.54. The van der Waals surface area contributed by atoms with Crippen LogP contribution in [0.3, 0.4) is 0 Å². The van der Waals surface area contributed by atoms with Crippen LogP contribution in [0.15, 0.2) is 36.5 Å². The molecule has 0 heterocycles. The van der Waals surface area contributed by atoms with Crippen LogP contribution in [0.4, 0.5) is 0 Å².